The number of nitrogens with one attached hydrogen (secondary N) is 2. The predicted octanol–water partition coefficient (Wildman–Crippen LogP) is 2.62. The zero-order chi connectivity index (χ0) is 17.2. The maximum atomic E-state index is 10.8. The predicted molar refractivity (Wildman–Crippen MR) is 97.3 cm³/mol. The fourth-order valence-corrected chi connectivity index (χ4v) is 6.71. The van der Waals surface area contributed by atoms with E-state index in [0.717, 1.165) is 37.5 Å². The molecule has 6 rings (SSSR count). The van der Waals surface area contributed by atoms with Gasteiger partial charge in [-0.1, -0.05) is 12.1 Å². The van der Waals surface area contributed by atoms with Gasteiger partial charge in [-0.05, 0) is 80.4 Å². The second-order valence-electron chi connectivity index (χ2n) is 9.34. The average molecular weight is 342 g/mol. The summed E-state index contributed by atoms with van der Waals surface area (Å²) in [5.41, 5.74) is 0.872. The molecule has 0 radical (unpaired) electrons. The van der Waals surface area contributed by atoms with Crippen LogP contribution in [0.25, 0.3) is 0 Å². The third-order valence-corrected chi connectivity index (χ3v) is 7.56. The van der Waals surface area contributed by atoms with Gasteiger partial charge in [-0.3, -0.25) is 10.6 Å². The summed E-state index contributed by atoms with van der Waals surface area (Å²) in [7, 11) is 1.73. The van der Waals surface area contributed by atoms with E-state index in [4.69, 9.17) is 4.74 Å². The summed E-state index contributed by atoms with van der Waals surface area (Å²) in [5.74, 6) is 3.69. The molecule has 4 bridgehead atoms. The number of aliphatic hydroxyl groups is 1. The Balaban J connectivity index is 1.37. The zero-order valence-electron chi connectivity index (χ0n) is 15.3. The highest BCUT2D eigenvalue weighted by Gasteiger charge is 2.57. The molecule has 25 heavy (non-hydrogen) atoms. The lowest BCUT2D eigenvalue weighted by Crippen LogP contribution is -2.60. The molecule has 4 atom stereocenters. The van der Waals surface area contributed by atoms with Crippen LogP contribution in [0.2, 0.25) is 0 Å². The summed E-state index contributed by atoms with van der Waals surface area (Å²) < 4.78 is 5.42. The summed E-state index contributed by atoms with van der Waals surface area (Å²) in [6.45, 7) is 3.23. The van der Waals surface area contributed by atoms with Gasteiger partial charge in [0.25, 0.3) is 0 Å². The van der Waals surface area contributed by atoms with E-state index in [1.807, 2.05) is 6.07 Å². The minimum Gasteiger partial charge on any atom is -0.497 e. The Morgan fingerprint density at radius 3 is 2.60 bits per heavy atom. The molecule has 1 saturated heterocycles. The second-order valence-corrected chi connectivity index (χ2v) is 9.34. The lowest BCUT2D eigenvalue weighted by atomic mass is 9.49. The van der Waals surface area contributed by atoms with Crippen LogP contribution in [0.15, 0.2) is 24.3 Å². The average Bonchev–Trinajstić information content (AvgIpc) is 2.96. The van der Waals surface area contributed by atoms with Crippen molar-refractivity contribution in [2.75, 3.05) is 13.7 Å². The maximum Gasteiger partial charge on any atom is 0.119 e. The van der Waals surface area contributed by atoms with Crippen LogP contribution in [0.5, 0.6) is 5.75 Å². The van der Waals surface area contributed by atoms with E-state index in [1.54, 1.807) is 7.11 Å². The van der Waals surface area contributed by atoms with Crippen LogP contribution in [0.4, 0.5) is 0 Å². The Morgan fingerprint density at radius 1 is 1.16 bits per heavy atom. The van der Waals surface area contributed by atoms with Gasteiger partial charge in [-0.25, -0.2) is 0 Å². The van der Waals surface area contributed by atoms with Crippen LogP contribution >= 0.6 is 0 Å². The molecule has 0 amide bonds. The van der Waals surface area contributed by atoms with Crippen LogP contribution in [0.3, 0.4) is 0 Å². The number of benzene rings is 1. The Hall–Kier alpha value is -1.10. The van der Waals surface area contributed by atoms with Gasteiger partial charge in [0.2, 0.25) is 0 Å². The second kappa shape index (κ2) is 5.45. The molecule has 1 aromatic carbocycles. The molecule has 4 saturated carbocycles. The standard InChI is InChI=1S/C21H30N2O2/c1-20(16-4-3-5-17(8-16)25-2)12-22-19(23-20)18-14-6-13-7-15(18)11-21(24,9-13)10-14/h3-5,8,13-15,18-19,22-24H,6-7,9-12H2,1-2H3. The molecule has 3 N–H and O–H groups in total. The molecule has 1 aliphatic heterocycles. The smallest absolute Gasteiger partial charge is 0.119 e. The third kappa shape index (κ3) is 2.53. The first-order valence-electron chi connectivity index (χ1n) is 9.86. The largest absolute Gasteiger partial charge is 0.497 e. The van der Waals surface area contributed by atoms with Crippen molar-refractivity contribution in [2.45, 2.75) is 56.3 Å². The van der Waals surface area contributed by atoms with Gasteiger partial charge in [0.1, 0.15) is 5.75 Å². The third-order valence-electron chi connectivity index (χ3n) is 7.56. The topological polar surface area (TPSA) is 53.5 Å². The highest BCUT2D eigenvalue weighted by Crippen LogP contribution is 2.59. The van der Waals surface area contributed by atoms with Crippen molar-refractivity contribution >= 4 is 0 Å². The molecular weight excluding hydrogens is 312 g/mol. The molecule has 1 heterocycles. The number of rotatable bonds is 3. The Morgan fingerprint density at radius 2 is 1.92 bits per heavy atom. The van der Waals surface area contributed by atoms with Gasteiger partial charge >= 0.3 is 0 Å². The Labute approximate surface area is 150 Å². The van der Waals surface area contributed by atoms with Crippen molar-refractivity contribution in [3.63, 3.8) is 0 Å². The van der Waals surface area contributed by atoms with E-state index < -0.39 is 0 Å². The van der Waals surface area contributed by atoms with Gasteiger partial charge in [-0.2, -0.15) is 0 Å². The fourth-order valence-electron chi connectivity index (χ4n) is 6.71. The van der Waals surface area contributed by atoms with Crippen LogP contribution < -0.4 is 15.4 Å². The number of hydrogen-bond acceptors (Lipinski definition) is 4. The fraction of sp³-hybridized carbons (Fsp3) is 0.714. The molecule has 136 valence electrons. The Bertz CT molecular complexity index is 662. The van der Waals surface area contributed by atoms with Crippen LogP contribution in [0, 0.1) is 23.7 Å². The quantitative estimate of drug-likeness (QED) is 0.790. The molecule has 4 aliphatic carbocycles. The monoisotopic (exact) mass is 342 g/mol. The zero-order valence-corrected chi connectivity index (χ0v) is 15.3. The molecule has 5 fully saturated rings. The van der Waals surface area contributed by atoms with Crippen molar-refractivity contribution < 1.29 is 9.84 Å². The van der Waals surface area contributed by atoms with Gasteiger partial charge in [0.05, 0.1) is 24.4 Å². The normalized spacial score (nSPS) is 48.0. The molecule has 4 nitrogen and oxygen atoms in total. The summed E-state index contributed by atoms with van der Waals surface area (Å²) in [6.07, 6.45) is 6.08. The first-order valence-corrected chi connectivity index (χ1v) is 9.86. The summed E-state index contributed by atoms with van der Waals surface area (Å²) >= 11 is 0. The summed E-state index contributed by atoms with van der Waals surface area (Å²) in [4.78, 5) is 0. The van der Waals surface area contributed by atoms with E-state index >= 15 is 0 Å². The first kappa shape index (κ1) is 16.1. The number of methoxy groups -OCH3 is 1. The molecule has 5 aliphatic rings. The molecule has 0 spiro atoms. The van der Waals surface area contributed by atoms with E-state index in [9.17, 15) is 5.11 Å². The Kier molecular flexibility index (Phi) is 3.51. The van der Waals surface area contributed by atoms with Crippen molar-refractivity contribution in [1.82, 2.24) is 10.6 Å². The maximum absolute atomic E-state index is 10.8. The molecular formula is C21H30N2O2. The highest BCUT2D eigenvalue weighted by atomic mass is 16.5. The van der Waals surface area contributed by atoms with E-state index in [-0.39, 0.29) is 11.1 Å². The number of hydrogen-bond donors (Lipinski definition) is 3. The molecule has 4 unspecified atom stereocenters. The van der Waals surface area contributed by atoms with Crippen LogP contribution in [0.1, 0.15) is 44.6 Å². The minimum absolute atomic E-state index is 0.0647. The van der Waals surface area contributed by atoms with Gasteiger partial charge in [0, 0.05) is 6.54 Å². The first-order chi connectivity index (χ1) is 12.0. The summed E-state index contributed by atoms with van der Waals surface area (Å²) in [6, 6.07) is 8.42. The molecule has 1 aromatic rings. The van der Waals surface area contributed by atoms with Crippen LogP contribution in [-0.2, 0) is 5.54 Å². The van der Waals surface area contributed by atoms with E-state index in [2.05, 4.69) is 35.8 Å². The van der Waals surface area contributed by atoms with Crippen molar-refractivity contribution in [2.24, 2.45) is 23.7 Å². The minimum atomic E-state index is -0.346. The lowest BCUT2D eigenvalue weighted by Gasteiger charge is -2.59. The number of ether oxygens (including phenoxy) is 1. The summed E-state index contributed by atoms with van der Waals surface area (Å²) in [5, 5.41) is 18.6. The highest BCUT2D eigenvalue weighted by molar-refractivity contribution is 5.34. The van der Waals surface area contributed by atoms with Crippen molar-refractivity contribution in [1.29, 1.82) is 0 Å². The molecule has 0 aromatic heterocycles. The van der Waals surface area contributed by atoms with Crippen molar-refractivity contribution in [3.05, 3.63) is 29.8 Å². The van der Waals surface area contributed by atoms with Gasteiger partial charge < -0.3 is 9.84 Å². The van der Waals surface area contributed by atoms with E-state index in [0.29, 0.717) is 23.9 Å². The molecule has 4 heteroatoms. The SMILES string of the molecule is COc1cccc(C2(C)CNC(C3C4CC5CC3CC(O)(C5)C4)N2)c1. The van der Waals surface area contributed by atoms with Gasteiger partial charge in [0.15, 0.2) is 0 Å². The van der Waals surface area contributed by atoms with E-state index in [1.165, 1.54) is 18.4 Å². The van der Waals surface area contributed by atoms with Crippen LogP contribution in [-0.4, -0.2) is 30.5 Å². The van der Waals surface area contributed by atoms with Gasteiger partial charge in [-0.15, -0.1) is 0 Å². The lowest BCUT2D eigenvalue weighted by molar-refractivity contribution is -0.158. The van der Waals surface area contributed by atoms with Crippen molar-refractivity contribution in [3.8, 4) is 5.75 Å².